The highest BCUT2D eigenvalue weighted by atomic mass is 32.2. The largest absolute Gasteiger partial charge is 0.465 e. The lowest BCUT2D eigenvalue weighted by molar-refractivity contribution is -0.384. The summed E-state index contributed by atoms with van der Waals surface area (Å²) in [6.45, 7) is 8.03. The molecule has 2 heterocycles. The Morgan fingerprint density at radius 3 is 2.37 bits per heavy atom. The topological polar surface area (TPSA) is 163 Å². The van der Waals surface area contributed by atoms with Crippen LogP contribution < -0.4 is 4.74 Å². The van der Waals surface area contributed by atoms with E-state index in [0.29, 0.717) is 23.1 Å². The second kappa shape index (κ2) is 14.4. The molecule has 2 aromatic rings. The third kappa shape index (κ3) is 7.96. The minimum Gasteiger partial charge on any atom is -0.465 e. The molecule has 1 saturated heterocycles. The number of esters is 2. The molecule has 1 N–H and O–H groups in total. The van der Waals surface area contributed by atoms with Crippen molar-refractivity contribution in [3.63, 3.8) is 0 Å². The smallest absolute Gasteiger partial charge is 0.359 e. The standard InChI is InChI=1S/C28H32N2O10S3/c1-7-41-23-19(15(2)31)22(32)29(23)20(24(33)39-14-16-8-10-17(11-9-16)30(36)37)26(43-27(35)28(3,4)5)40-18-12-13-42-21(18)25(34)38-6/h8-13,15,19,23,31H,7,14H2,1-6H3/t15-,19+,23-/m1/s1. The van der Waals surface area contributed by atoms with Crippen LogP contribution in [0.5, 0.6) is 5.75 Å². The van der Waals surface area contributed by atoms with Gasteiger partial charge >= 0.3 is 11.9 Å². The van der Waals surface area contributed by atoms with Gasteiger partial charge in [-0.2, -0.15) is 0 Å². The van der Waals surface area contributed by atoms with Crippen molar-refractivity contribution in [1.82, 2.24) is 4.90 Å². The van der Waals surface area contributed by atoms with Gasteiger partial charge in [0.1, 0.15) is 6.61 Å². The van der Waals surface area contributed by atoms with Crippen molar-refractivity contribution in [3.05, 3.63) is 67.1 Å². The lowest BCUT2D eigenvalue weighted by Crippen LogP contribution is -2.63. The fraction of sp³-hybridized carbons (Fsp3) is 0.429. The van der Waals surface area contributed by atoms with Gasteiger partial charge in [0.15, 0.2) is 21.4 Å². The van der Waals surface area contributed by atoms with Crippen LogP contribution >= 0.6 is 34.9 Å². The van der Waals surface area contributed by atoms with E-state index in [1.807, 2.05) is 6.92 Å². The minimum absolute atomic E-state index is 0.00136. The summed E-state index contributed by atoms with van der Waals surface area (Å²) in [5.74, 6) is -2.60. The maximum absolute atomic E-state index is 13.8. The zero-order valence-corrected chi connectivity index (χ0v) is 26.8. The Kier molecular flexibility index (Phi) is 11.4. The van der Waals surface area contributed by atoms with Crippen LogP contribution in [0.15, 0.2) is 46.5 Å². The summed E-state index contributed by atoms with van der Waals surface area (Å²) >= 11 is 2.91. The number of aliphatic hydroxyl groups is 1. The number of nitro groups is 1. The highest BCUT2D eigenvalue weighted by molar-refractivity contribution is 8.16. The van der Waals surface area contributed by atoms with Crippen molar-refractivity contribution < 1.29 is 43.4 Å². The van der Waals surface area contributed by atoms with Gasteiger partial charge in [0.05, 0.1) is 29.4 Å². The Bertz CT molecular complexity index is 1410. The maximum Gasteiger partial charge on any atom is 0.359 e. The van der Waals surface area contributed by atoms with E-state index < -0.39 is 50.7 Å². The summed E-state index contributed by atoms with van der Waals surface area (Å²) < 4.78 is 16.5. The van der Waals surface area contributed by atoms with Crippen molar-refractivity contribution >= 4 is 63.5 Å². The van der Waals surface area contributed by atoms with Crippen LogP contribution in [0.4, 0.5) is 5.69 Å². The molecule has 232 valence electrons. The van der Waals surface area contributed by atoms with Crippen LogP contribution in [-0.2, 0) is 30.5 Å². The number of benzene rings is 1. The Morgan fingerprint density at radius 1 is 1.19 bits per heavy atom. The van der Waals surface area contributed by atoms with Crippen molar-refractivity contribution in [2.45, 2.75) is 52.7 Å². The van der Waals surface area contributed by atoms with Gasteiger partial charge in [-0.05, 0) is 53.6 Å². The summed E-state index contributed by atoms with van der Waals surface area (Å²) in [5.41, 5.74) is -0.984. The highest BCUT2D eigenvalue weighted by Crippen LogP contribution is 2.44. The number of likely N-dealkylation sites (tertiary alicyclic amines) is 1. The second-order valence-corrected chi connectivity index (χ2v) is 13.6. The first-order valence-corrected chi connectivity index (χ1v) is 15.8. The SMILES string of the molecule is CCS[C@@H]1[C@@H]([C@@H](C)O)C(=O)N1C(C(=O)OCc1ccc([N+](=O)[O-])cc1)=C(Oc1ccsc1C(=O)OC)SC(=O)C(C)(C)C. The van der Waals surface area contributed by atoms with E-state index in [1.54, 1.807) is 26.2 Å². The van der Waals surface area contributed by atoms with Crippen LogP contribution in [0.2, 0.25) is 0 Å². The number of carbonyl (C=O) groups excluding carboxylic acids is 4. The average Bonchev–Trinajstić information content (AvgIpc) is 3.41. The molecule has 1 amide bonds. The molecule has 12 nitrogen and oxygen atoms in total. The van der Waals surface area contributed by atoms with Gasteiger partial charge in [0, 0.05) is 17.5 Å². The molecule has 0 spiro atoms. The fourth-order valence-electron chi connectivity index (χ4n) is 3.80. The molecule has 0 unspecified atom stereocenters. The van der Waals surface area contributed by atoms with Crippen LogP contribution in [0.1, 0.15) is 49.9 Å². The number of aliphatic hydroxyl groups excluding tert-OH is 1. The molecule has 3 rings (SSSR count). The van der Waals surface area contributed by atoms with E-state index in [0.717, 1.165) is 16.2 Å². The van der Waals surface area contributed by atoms with Crippen molar-refractivity contribution in [2.24, 2.45) is 11.3 Å². The van der Waals surface area contributed by atoms with Crippen LogP contribution in [-0.4, -0.2) is 62.2 Å². The molecule has 15 heteroatoms. The molecule has 1 aliphatic heterocycles. The predicted octanol–water partition coefficient (Wildman–Crippen LogP) is 4.96. The number of amides is 1. The van der Waals surface area contributed by atoms with Gasteiger partial charge < -0.3 is 19.3 Å². The number of ether oxygens (including phenoxy) is 3. The second-order valence-electron chi connectivity index (χ2n) is 10.3. The first-order chi connectivity index (χ1) is 20.2. The number of methoxy groups -OCH3 is 1. The van der Waals surface area contributed by atoms with Gasteiger partial charge in [0.2, 0.25) is 11.0 Å². The number of thioether (sulfide) groups is 2. The normalized spacial score (nSPS) is 17.8. The molecule has 0 aliphatic carbocycles. The molecule has 1 fully saturated rings. The summed E-state index contributed by atoms with van der Waals surface area (Å²) in [7, 11) is 1.20. The quantitative estimate of drug-likeness (QED) is 0.0820. The maximum atomic E-state index is 13.8. The van der Waals surface area contributed by atoms with Gasteiger partial charge in [-0.15, -0.1) is 23.1 Å². The molecule has 0 saturated carbocycles. The minimum atomic E-state index is -1.03. The number of nitro benzene ring substituents is 1. The lowest BCUT2D eigenvalue weighted by Gasteiger charge is -2.48. The highest BCUT2D eigenvalue weighted by Gasteiger charge is 2.54. The van der Waals surface area contributed by atoms with Gasteiger partial charge in [-0.3, -0.25) is 24.6 Å². The summed E-state index contributed by atoms with van der Waals surface area (Å²) in [6.07, 6.45) is -1.03. The Hall–Kier alpha value is -3.40. The van der Waals surface area contributed by atoms with Crippen molar-refractivity contribution in [3.8, 4) is 5.75 Å². The van der Waals surface area contributed by atoms with E-state index in [2.05, 4.69) is 0 Å². The Labute approximate surface area is 260 Å². The van der Waals surface area contributed by atoms with E-state index in [9.17, 15) is 34.4 Å². The van der Waals surface area contributed by atoms with E-state index in [1.165, 1.54) is 56.1 Å². The third-order valence-electron chi connectivity index (χ3n) is 6.09. The Balaban J connectivity index is 2.14. The van der Waals surface area contributed by atoms with E-state index in [-0.39, 0.29) is 33.7 Å². The molecule has 3 atom stereocenters. The number of rotatable bonds is 12. The number of carbonyl (C=O) groups is 4. The van der Waals surface area contributed by atoms with Gasteiger partial charge in [-0.1, -0.05) is 27.7 Å². The number of hydrogen-bond acceptors (Lipinski definition) is 13. The number of β-lactam (4-membered cyclic amide) rings is 1. The molecule has 1 aromatic heterocycles. The first kappa shape index (κ1) is 34.1. The lowest BCUT2D eigenvalue weighted by atomic mass is 9.92. The van der Waals surface area contributed by atoms with Crippen LogP contribution in [0.25, 0.3) is 0 Å². The van der Waals surface area contributed by atoms with Crippen LogP contribution in [0.3, 0.4) is 0 Å². The number of thiophene rings is 1. The molecular formula is C28H32N2O10S3. The average molecular weight is 653 g/mol. The zero-order chi connectivity index (χ0) is 32.1. The van der Waals surface area contributed by atoms with Gasteiger partial charge in [-0.25, -0.2) is 9.59 Å². The zero-order valence-electron chi connectivity index (χ0n) is 24.4. The summed E-state index contributed by atoms with van der Waals surface area (Å²) in [6, 6.07) is 6.83. The van der Waals surface area contributed by atoms with Gasteiger partial charge in [0.25, 0.3) is 5.69 Å². The third-order valence-corrected chi connectivity index (χ3v) is 9.40. The van der Waals surface area contributed by atoms with Crippen molar-refractivity contribution in [1.29, 1.82) is 0 Å². The van der Waals surface area contributed by atoms with E-state index >= 15 is 0 Å². The molecule has 0 radical (unpaired) electrons. The number of non-ortho nitro benzene ring substituents is 1. The number of nitrogens with zero attached hydrogens (tertiary/aromatic N) is 2. The van der Waals surface area contributed by atoms with E-state index in [4.69, 9.17) is 14.2 Å². The molecular weight excluding hydrogens is 621 g/mol. The first-order valence-electron chi connectivity index (χ1n) is 13.0. The molecule has 0 bridgehead atoms. The molecule has 43 heavy (non-hydrogen) atoms. The monoisotopic (exact) mass is 652 g/mol. The fourth-order valence-corrected chi connectivity index (χ4v) is 6.67. The summed E-state index contributed by atoms with van der Waals surface area (Å²) in [5, 5.41) is 21.5. The van der Waals surface area contributed by atoms with Crippen LogP contribution in [0, 0.1) is 21.4 Å². The molecule has 1 aliphatic rings. The Morgan fingerprint density at radius 2 is 1.84 bits per heavy atom. The molecule has 1 aromatic carbocycles. The predicted molar refractivity (Wildman–Crippen MR) is 162 cm³/mol. The number of hydrogen-bond donors (Lipinski definition) is 1. The summed E-state index contributed by atoms with van der Waals surface area (Å²) in [4.78, 5) is 64.6. The van der Waals surface area contributed by atoms with Crippen molar-refractivity contribution in [2.75, 3.05) is 12.9 Å².